The molecule has 0 saturated carbocycles. The lowest BCUT2D eigenvalue weighted by atomic mass is 10.1. The maximum Gasteiger partial charge on any atom is 0.265 e. The number of H-pyrrole nitrogens is 1. The second kappa shape index (κ2) is 6.43. The maximum atomic E-state index is 12.0. The zero-order valence-electron chi connectivity index (χ0n) is 10.9. The minimum absolute atomic E-state index is 0. The van der Waals surface area contributed by atoms with Gasteiger partial charge in [-0.1, -0.05) is 18.2 Å². The normalized spacial score (nSPS) is 9.90. The zero-order valence-corrected chi connectivity index (χ0v) is 12.5. The molecule has 0 radical (unpaired) electrons. The van der Waals surface area contributed by atoms with Crippen LogP contribution in [0.15, 0.2) is 48.0 Å². The van der Waals surface area contributed by atoms with E-state index in [1.165, 1.54) is 11.3 Å². The van der Waals surface area contributed by atoms with Crippen LogP contribution in [0.4, 0.5) is 11.6 Å². The SMILES string of the molecule is Cl.Nc1ncc(-c2cccc(NC(=O)c3cccs3)c2)[nH]1. The molecule has 1 amide bonds. The summed E-state index contributed by atoms with van der Waals surface area (Å²) in [5.74, 6) is 0.259. The minimum Gasteiger partial charge on any atom is -0.369 e. The Morgan fingerprint density at radius 2 is 2.14 bits per heavy atom. The number of aromatic nitrogens is 2. The molecule has 0 saturated heterocycles. The van der Waals surface area contributed by atoms with Gasteiger partial charge < -0.3 is 16.0 Å². The van der Waals surface area contributed by atoms with E-state index in [0.717, 1.165) is 16.9 Å². The van der Waals surface area contributed by atoms with Crippen molar-refractivity contribution in [1.29, 1.82) is 0 Å². The Hall–Kier alpha value is -2.31. The molecule has 3 aromatic rings. The lowest BCUT2D eigenvalue weighted by molar-refractivity contribution is 0.103. The number of thiophene rings is 1. The zero-order chi connectivity index (χ0) is 13.9. The van der Waals surface area contributed by atoms with Gasteiger partial charge in [0, 0.05) is 11.3 Å². The first-order chi connectivity index (χ1) is 9.72. The van der Waals surface area contributed by atoms with Crippen LogP contribution in [0.5, 0.6) is 0 Å². The fourth-order valence-corrected chi connectivity index (χ4v) is 2.47. The summed E-state index contributed by atoms with van der Waals surface area (Å²) in [5.41, 5.74) is 8.02. The number of carbonyl (C=O) groups is 1. The van der Waals surface area contributed by atoms with Crippen molar-refractivity contribution in [2.24, 2.45) is 0 Å². The molecule has 1 aromatic carbocycles. The summed E-state index contributed by atoms with van der Waals surface area (Å²) < 4.78 is 0. The Kier molecular flexibility index (Phi) is 4.62. The standard InChI is InChI=1S/C14H12N4OS.ClH/c15-14-16-8-11(18-14)9-3-1-4-10(7-9)17-13(19)12-5-2-6-20-12;/h1-8H,(H,17,19)(H3,15,16,18);1H. The van der Waals surface area contributed by atoms with Gasteiger partial charge in [-0.05, 0) is 23.6 Å². The van der Waals surface area contributed by atoms with Gasteiger partial charge in [-0.15, -0.1) is 23.7 Å². The van der Waals surface area contributed by atoms with Crippen molar-refractivity contribution in [3.63, 3.8) is 0 Å². The van der Waals surface area contributed by atoms with Crippen molar-refractivity contribution in [3.05, 3.63) is 52.9 Å². The van der Waals surface area contributed by atoms with E-state index in [1.807, 2.05) is 35.7 Å². The fraction of sp³-hybridized carbons (Fsp3) is 0. The third-order valence-corrected chi connectivity index (χ3v) is 3.64. The summed E-state index contributed by atoms with van der Waals surface area (Å²) in [4.78, 5) is 19.6. The number of imidazole rings is 1. The van der Waals surface area contributed by atoms with Crippen LogP contribution in [0.2, 0.25) is 0 Å². The highest BCUT2D eigenvalue weighted by molar-refractivity contribution is 7.12. The highest BCUT2D eigenvalue weighted by Gasteiger charge is 2.08. The molecule has 21 heavy (non-hydrogen) atoms. The molecule has 7 heteroatoms. The number of nitrogens with zero attached hydrogens (tertiary/aromatic N) is 1. The van der Waals surface area contributed by atoms with E-state index in [0.29, 0.717) is 10.8 Å². The van der Waals surface area contributed by atoms with Gasteiger partial charge in [-0.2, -0.15) is 0 Å². The number of aromatic amines is 1. The molecule has 2 heterocycles. The van der Waals surface area contributed by atoms with Crippen LogP contribution in [0.3, 0.4) is 0 Å². The van der Waals surface area contributed by atoms with E-state index >= 15 is 0 Å². The molecular weight excluding hydrogens is 308 g/mol. The fourth-order valence-electron chi connectivity index (χ4n) is 1.85. The van der Waals surface area contributed by atoms with E-state index in [4.69, 9.17) is 5.73 Å². The van der Waals surface area contributed by atoms with Crippen LogP contribution in [0, 0.1) is 0 Å². The van der Waals surface area contributed by atoms with Crippen molar-refractivity contribution < 1.29 is 4.79 Å². The monoisotopic (exact) mass is 320 g/mol. The quantitative estimate of drug-likeness (QED) is 0.691. The summed E-state index contributed by atoms with van der Waals surface area (Å²) in [5, 5.41) is 4.74. The number of nitrogen functional groups attached to an aromatic ring is 1. The molecule has 0 aliphatic carbocycles. The average molecular weight is 321 g/mol. The number of carbonyl (C=O) groups excluding carboxylic acids is 1. The van der Waals surface area contributed by atoms with Gasteiger partial charge in [0.05, 0.1) is 16.8 Å². The number of benzene rings is 1. The smallest absolute Gasteiger partial charge is 0.265 e. The number of hydrogen-bond donors (Lipinski definition) is 3. The Morgan fingerprint density at radius 1 is 1.29 bits per heavy atom. The number of hydrogen-bond acceptors (Lipinski definition) is 4. The summed E-state index contributed by atoms with van der Waals surface area (Å²) in [7, 11) is 0. The number of nitrogens with two attached hydrogens (primary N) is 1. The first kappa shape index (κ1) is 15.1. The van der Waals surface area contributed by atoms with E-state index in [-0.39, 0.29) is 18.3 Å². The van der Waals surface area contributed by atoms with Crippen molar-refractivity contribution in [2.45, 2.75) is 0 Å². The van der Waals surface area contributed by atoms with Gasteiger partial charge in [0.25, 0.3) is 5.91 Å². The molecule has 0 bridgehead atoms. The van der Waals surface area contributed by atoms with Crippen molar-refractivity contribution in [3.8, 4) is 11.3 Å². The highest BCUT2D eigenvalue weighted by atomic mass is 35.5. The third-order valence-electron chi connectivity index (χ3n) is 2.77. The summed E-state index contributed by atoms with van der Waals surface area (Å²) in [6.45, 7) is 0. The van der Waals surface area contributed by atoms with Gasteiger partial charge in [-0.3, -0.25) is 4.79 Å². The molecular formula is C14H13ClN4OS. The molecule has 4 N–H and O–H groups in total. The number of rotatable bonds is 3. The number of anilines is 2. The summed E-state index contributed by atoms with van der Waals surface area (Å²) >= 11 is 1.41. The first-order valence-corrected chi connectivity index (χ1v) is 6.86. The van der Waals surface area contributed by atoms with Gasteiger partial charge in [-0.25, -0.2) is 4.98 Å². The van der Waals surface area contributed by atoms with Crippen LogP contribution in [-0.4, -0.2) is 15.9 Å². The van der Waals surface area contributed by atoms with Crippen molar-refractivity contribution in [2.75, 3.05) is 11.1 Å². The molecule has 0 spiro atoms. The van der Waals surface area contributed by atoms with Crippen LogP contribution in [0.25, 0.3) is 11.3 Å². The molecule has 108 valence electrons. The molecule has 3 rings (SSSR count). The predicted molar refractivity (Wildman–Crippen MR) is 88.0 cm³/mol. The minimum atomic E-state index is -0.110. The molecule has 0 atom stereocenters. The molecule has 5 nitrogen and oxygen atoms in total. The Labute approximate surface area is 131 Å². The lowest BCUT2D eigenvalue weighted by Gasteiger charge is -2.05. The van der Waals surface area contributed by atoms with Gasteiger partial charge >= 0.3 is 0 Å². The molecule has 0 unspecified atom stereocenters. The van der Waals surface area contributed by atoms with Gasteiger partial charge in [0.15, 0.2) is 5.95 Å². The van der Waals surface area contributed by atoms with Crippen LogP contribution in [0.1, 0.15) is 9.67 Å². The molecule has 0 aliphatic rings. The lowest BCUT2D eigenvalue weighted by Crippen LogP contribution is -2.09. The second-order valence-corrected chi connectivity index (χ2v) is 5.14. The van der Waals surface area contributed by atoms with Crippen LogP contribution in [-0.2, 0) is 0 Å². The molecule has 0 aliphatic heterocycles. The van der Waals surface area contributed by atoms with E-state index < -0.39 is 0 Å². The first-order valence-electron chi connectivity index (χ1n) is 5.98. The maximum absolute atomic E-state index is 12.0. The Morgan fingerprint density at radius 3 is 2.81 bits per heavy atom. The third kappa shape index (κ3) is 3.42. The molecule has 0 fully saturated rings. The van der Waals surface area contributed by atoms with Crippen LogP contribution < -0.4 is 11.1 Å². The Balaban J connectivity index is 0.00000161. The average Bonchev–Trinajstić information content (AvgIpc) is 3.10. The predicted octanol–water partition coefficient (Wildman–Crippen LogP) is 3.39. The van der Waals surface area contributed by atoms with Gasteiger partial charge in [0.1, 0.15) is 0 Å². The van der Waals surface area contributed by atoms with E-state index in [9.17, 15) is 4.79 Å². The van der Waals surface area contributed by atoms with Crippen LogP contribution >= 0.6 is 23.7 Å². The largest absolute Gasteiger partial charge is 0.369 e. The van der Waals surface area contributed by atoms with Gasteiger partial charge in [0.2, 0.25) is 0 Å². The topological polar surface area (TPSA) is 83.8 Å². The van der Waals surface area contributed by atoms with E-state index in [2.05, 4.69) is 15.3 Å². The van der Waals surface area contributed by atoms with Crippen molar-refractivity contribution in [1.82, 2.24) is 9.97 Å². The molecule has 2 aromatic heterocycles. The summed E-state index contributed by atoms with van der Waals surface area (Å²) in [6, 6.07) is 11.2. The number of amides is 1. The highest BCUT2D eigenvalue weighted by Crippen LogP contribution is 2.22. The number of nitrogens with one attached hydrogen (secondary N) is 2. The van der Waals surface area contributed by atoms with Crippen molar-refractivity contribution >= 4 is 41.3 Å². The summed E-state index contributed by atoms with van der Waals surface area (Å²) in [6.07, 6.45) is 1.66. The number of halogens is 1. The Bertz CT molecular complexity index is 739. The van der Waals surface area contributed by atoms with E-state index in [1.54, 1.807) is 12.3 Å². The second-order valence-electron chi connectivity index (χ2n) is 4.19.